The van der Waals surface area contributed by atoms with Crippen molar-refractivity contribution in [3.8, 4) is 11.5 Å². The smallest absolute Gasteiger partial charge is 0.315 e. The van der Waals surface area contributed by atoms with Gasteiger partial charge in [-0.2, -0.15) is 0 Å². The van der Waals surface area contributed by atoms with E-state index in [0.29, 0.717) is 19.2 Å². The van der Waals surface area contributed by atoms with Crippen LogP contribution in [0.2, 0.25) is 0 Å². The van der Waals surface area contributed by atoms with Gasteiger partial charge < -0.3 is 20.1 Å². The zero-order chi connectivity index (χ0) is 15.6. The van der Waals surface area contributed by atoms with Gasteiger partial charge in [0, 0.05) is 6.04 Å². The van der Waals surface area contributed by atoms with Gasteiger partial charge in [-0.3, -0.25) is 0 Å². The molecule has 2 rings (SSSR count). The molecule has 5 nitrogen and oxygen atoms in total. The minimum Gasteiger partial charge on any atom is -0.497 e. The Bertz CT molecular complexity index is 440. The van der Waals surface area contributed by atoms with Gasteiger partial charge in [0.1, 0.15) is 18.1 Å². The van der Waals surface area contributed by atoms with Crippen LogP contribution in [0.5, 0.6) is 11.5 Å². The normalized spacial score (nSPS) is 15.7. The van der Waals surface area contributed by atoms with Crippen molar-refractivity contribution in [2.75, 3.05) is 20.3 Å². The van der Waals surface area contributed by atoms with Crippen molar-refractivity contribution in [3.05, 3.63) is 24.3 Å². The van der Waals surface area contributed by atoms with E-state index in [4.69, 9.17) is 9.47 Å². The number of methoxy groups -OCH3 is 1. The molecule has 0 heterocycles. The number of benzene rings is 1. The molecule has 0 atom stereocenters. The third-order valence-electron chi connectivity index (χ3n) is 3.91. The first-order valence-corrected chi connectivity index (χ1v) is 8.09. The Hall–Kier alpha value is -1.91. The fourth-order valence-electron chi connectivity index (χ4n) is 2.67. The van der Waals surface area contributed by atoms with Crippen LogP contribution >= 0.6 is 0 Å². The molecule has 1 fully saturated rings. The molecule has 1 saturated carbocycles. The first-order chi connectivity index (χ1) is 10.8. The topological polar surface area (TPSA) is 59.6 Å². The van der Waals surface area contributed by atoms with Crippen LogP contribution in [0.4, 0.5) is 4.79 Å². The van der Waals surface area contributed by atoms with Gasteiger partial charge in [0.2, 0.25) is 0 Å². The molecule has 122 valence electrons. The lowest BCUT2D eigenvalue weighted by atomic mass is 10.1. The molecule has 22 heavy (non-hydrogen) atoms. The largest absolute Gasteiger partial charge is 0.497 e. The molecule has 0 saturated heterocycles. The lowest BCUT2D eigenvalue weighted by Crippen LogP contribution is -2.43. The second kappa shape index (κ2) is 9.18. The Balaban J connectivity index is 1.59. The maximum absolute atomic E-state index is 11.8. The summed E-state index contributed by atoms with van der Waals surface area (Å²) in [6, 6.07) is 7.63. The molecule has 1 aliphatic carbocycles. The monoisotopic (exact) mass is 306 g/mol. The average Bonchev–Trinajstić information content (AvgIpc) is 2.81. The lowest BCUT2D eigenvalue weighted by Gasteiger charge is -2.16. The zero-order valence-corrected chi connectivity index (χ0v) is 13.3. The Morgan fingerprint density at radius 1 is 1.09 bits per heavy atom. The molecule has 0 aliphatic heterocycles. The molecule has 0 unspecified atom stereocenters. The molecule has 1 aromatic rings. The van der Waals surface area contributed by atoms with Gasteiger partial charge >= 0.3 is 6.03 Å². The first kappa shape index (κ1) is 16.5. The fourth-order valence-corrected chi connectivity index (χ4v) is 2.67. The summed E-state index contributed by atoms with van der Waals surface area (Å²) in [4.78, 5) is 11.8. The van der Waals surface area contributed by atoms with Crippen LogP contribution in [-0.4, -0.2) is 32.3 Å². The highest BCUT2D eigenvalue weighted by Crippen LogP contribution is 2.17. The molecule has 1 aliphatic rings. The Morgan fingerprint density at radius 3 is 2.36 bits per heavy atom. The molecule has 5 heteroatoms. The van der Waals surface area contributed by atoms with Gasteiger partial charge in [-0.15, -0.1) is 0 Å². The van der Waals surface area contributed by atoms with Gasteiger partial charge in [-0.05, 0) is 37.1 Å². The van der Waals surface area contributed by atoms with E-state index in [1.165, 1.54) is 25.7 Å². The van der Waals surface area contributed by atoms with Crippen molar-refractivity contribution in [3.63, 3.8) is 0 Å². The van der Waals surface area contributed by atoms with Crippen LogP contribution < -0.4 is 20.1 Å². The minimum absolute atomic E-state index is 0.0924. The molecule has 1 aromatic carbocycles. The van der Waals surface area contributed by atoms with Crippen LogP contribution in [0.1, 0.15) is 38.5 Å². The molecule has 0 radical (unpaired) electrons. The maximum Gasteiger partial charge on any atom is 0.315 e. The van der Waals surface area contributed by atoms with Gasteiger partial charge in [0.05, 0.1) is 13.7 Å². The van der Waals surface area contributed by atoms with E-state index < -0.39 is 0 Å². The van der Waals surface area contributed by atoms with Crippen LogP contribution in [0.15, 0.2) is 24.3 Å². The number of hydrogen-bond donors (Lipinski definition) is 2. The highest BCUT2D eigenvalue weighted by atomic mass is 16.5. The summed E-state index contributed by atoms with van der Waals surface area (Å²) < 4.78 is 10.7. The lowest BCUT2D eigenvalue weighted by molar-refractivity contribution is 0.231. The Labute approximate surface area is 132 Å². The van der Waals surface area contributed by atoms with Crippen molar-refractivity contribution < 1.29 is 14.3 Å². The van der Waals surface area contributed by atoms with Crippen LogP contribution in [0.3, 0.4) is 0 Å². The number of ether oxygens (including phenoxy) is 2. The van der Waals surface area contributed by atoms with Gasteiger partial charge in [-0.1, -0.05) is 25.7 Å². The van der Waals surface area contributed by atoms with E-state index in [1.54, 1.807) is 7.11 Å². The van der Waals surface area contributed by atoms with E-state index in [2.05, 4.69) is 10.6 Å². The number of carbonyl (C=O) groups is 1. The summed E-state index contributed by atoms with van der Waals surface area (Å²) in [5.74, 6) is 1.57. The minimum atomic E-state index is -0.0924. The summed E-state index contributed by atoms with van der Waals surface area (Å²) in [5, 5.41) is 5.89. The number of urea groups is 1. The number of nitrogens with one attached hydrogen (secondary N) is 2. The first-order valence-electron chi connectivity index (χ1n) is 8.09. The van der Waals surface area contributed by atoms with E-state index in [9.17, 15) is 4.79 Å². The second-order valence-corrected chi connectivity index (χ2v) is 5.61. The molecule has 0 spiro atoms. The van der Waals surface area contributed by atoms with Gasteiger partial charge in [0.15, 0.2) is 0 Å². The standard InChI is InChI=1S/C17H26N2O3/c1-21-15-8-10-16(11-9-15)22-13-12-18-17(20)19-14-6-4-2-3-5-7-14/h8-11,14H,2-7,12-13H2,1H3,(H2,18,19,20). The van der Waals surface area contributed by atoms with Gasteiger partial charge in [-0.25, -0.2) is 4.79 Å². The Kier molecular flexibility index (Phi) is 6.87. The second-order valence-electron chi connectivity index (χ2n) is 5.61. The summed E-state index contributed by atoms with van der Waals surface area (Å²) >= 11 is 0. The maximum atomic E-state index is 11.8. The molecular formula is C17H26N2O3. The van der Waals surface area contributed by atoms with E-state index in [-0.39, 0.29) is 6.03 Å². The molecule has 0 aromatic heterocycles. The van der Waals surface area contributed by atoms with Crippen LogP contribution in [-0.2, 0) is 0 Å². The molecule has 2 N–H and O–H groups in total. The summed E-state index contributed by atoms with van der Waals surface area (Å²) in [7, 11) is 1.63. The van der Waals surface area contributed by atoms with E-state index in [1.807, 2.05) is 24.3 Å². The Morgan fingerprint density at radius 2 is 1.73 bits per heavy atom. The van der Waals surface area contributed by atoms with Crippen LogP contribution in [0, 0.1) is 0 Å². The summed E-state index contributed by atoms with van der Waals surface area (Å²) in [6.45, 7) is 0.939. The SMILES string of the molecule is COc1ccc(OCCNC(=O)NC2CCCCCC2)cc1. The third kappa shape index (κ3) is 5.84. The third-order valence-corrected chi connectivity index (χ3v) is 3.91. The van der Waals surface area contributed by atoms with E-state index >= 15 is 0 Å². The number of carbonyl (C=O) groups excluding carboxylic acids is 1. The fraction of sp³-hybridized carbons (Fsp3) is 0.588. The van der Waals surface area contributed by atoms with Crippen molar-refractivity contribution in [2.24, 2.45) is 0 Å². The number of hydrogen-bond acceptors (Lipinski definition) is 3. The predicted molar refractivity (Wildman–Crippen MR) is 86.5 cm³/mol. The highest BCUT2D eigenvalue weighted by molar-refractivity contribution is 5.74. The van der Waals surface area contributed by atoms with Crippen molar-refractivity contribution in [1.29, 1.82) is 0 Å². The number of rotatable bonds is 6. The predicted octanol–water partition coefficient (Wildman–Crippen LogP) is 3.10. The van der Waals surface area contributed by atoms with Crippen molar-refractivity contribution in [2.45, 2.75) is 44.6 Å². The van der Waals surface area contributed by atoms with Gasteiger partial charge in [0.25, 0.3) is 0 Å². The quantitative estimate of drug-likeness (QED) is 0.627. The summed E-state index contributed by atoms with van der Waals surface area (Å²) in [5.41, 5.74) is 0. The molecular weight excluding hydrogens is 280 g/mol. The van der Waals surface area contributed by atoms with Crippen molar-refractivity contribution >= 4 is 6.03 Å². The van der Waals surface area contributed by atoms with E-state index in [0.717, 1.165) is 24.3 Å². The highest BCUT2D eigenvalue weighted by Gasteiger charge is 2.14. The summed E-state index contributed by atoms with van der Waals surface area (Å²) in [6.07, 6.45) is 7.19. The average molecular weight is 306 g/mol. The molecule has 0 bridgehead atoms. The van der Waals surface area contributed by atoms with Crippen molar-refractivity contribution in [1.82, 2.24) is 10.6 Å². The molecule has 2 amide bonds. The zero-order valence-electron chi connectivity index (χ0n) is 13.3. The number of amides is 2. The van der Waals surface area contributed by atoms with Crippen LogP contribution in [0.25, 0.3) is 0 Å².